The third-order valence-corrected chi connectivity index (χ3v) is 4.05. The number of nitrogens with one attached hydrogen (secondary N) is 3. The SMILES string of the molecule is C[C@H](NC(=O)[C@@H](Cc1ccccc1)NC(=O)c1ccccc1)C(=O)NCC=O. The minimum Gasteiger partial charge on any atom is -0.348 e. The Bertz CT molecular complexity index is 809. The normalized spacial score (nSPS) is 12.3. The smallest absolute Gasteiger partial charge is 0.251 e. The molecule has 0 aliphatic heterocycles. The van der Waals surface area contributed by atoms with E-state index >= 15 is 0 Å². The van der Waals surface area contributed by atoms with Gasteiger partial charge < -0.3 is 20.7 Å². The molecule has 7 nitrogen and oxygen atoms in total. The second-order valence-corrected chi connectivity index (χ2v) is 6.22. The Kier molecular flexibility index (Phi) is 7.90. The molecule has 0 bridgehead atoms. The van der Waals surface area contributed by atoms with Crippen LogP contribution in [0.4, 0.5) is 0 Å². The summed E-state index contributed by atoms with van der Waals surface area (Å²) in [5.74, 6) is -1.34. The van der Waals surface area contributed by atoms with Crippen molar-refractivity contribution in [1.29, 1.82) is 0 Å². The molecule has 0 saturated carbocycles. The van der Waals surface area contributed by atoms with Crippen molar-refractivity contribution >= 4 is 24.0 Å². The van der Waals surface area contributed by atoms with Crippen LogP contribution in [-0.2, 0) is 20.8 Å². The van der Waals surface area contributed by atoms with Gasteiger partial charge in [-0.3, -0.25) is 14.4 Å². The highest BCUT2D eigenvalue weighted by molar-refractivity contribution is 5.98. The molecule has 2 atom stereocenters. The zero-order valence-corrected chi connectivity index (χ0v) is 15.6. The van der Waals surface area contributed by atoms with Gasteiger partial charge in [-0.05, 0) is 24.6 Å². The molecule has 0 radical (unpaired) electrons. The molecule has 146 valence electrons. The molecule has 0 unspecified atom stereocenters. The van der Waals surface area contributed by atoms with Gasteiger partial charge in [0.2, 0.25) is 11.8 Å². The Labute approximate surface area is 163 Å². The van der Waals surface area contributed by atoms with Crippen molar-refractivity contribution in [1.82, 2.24) is 16.0 Å². The number of rotatable bonds is 9. The first-order valence-electron chi connectivity index (χ1n) is 8.93. The Morgan fingerprint density at radius 1 is 0.893 bits per heavy atom. The van der Waals surface area contributed by atoms with E-state index in [2.05, 4.69) is 16.0 Å². The average Bonchev–Trinajstić information content (AvgIpc) is 2.72. The fourth-order valence-corrected chi connectivity index (χ4v) is 2.57. The number of aldehydes is 1. The molecule has 0 aliphatic carbocycles. The van der Waals surface area contributed by atoms with Crippen LogP contribution in [0.25, 0.3) is 0 Å². The number of carbonyl (C=O) groups excluding carboxylic acids is 4. The minimum atomic E-state index is -0.864. The lowest BCUT2D eigenvalue weighted by atomic mass is 10.0. The van der Waals surface area contributed by atoms with Gasteiger partial charge >= 0.3 is 0 Å². The summed E-state index contributed by atoms with van der Waals surface area (Å²) in [5, 5.41) is 7.70. The van der Waals surface area contributed by atoms with E-state index in [-0.39, 0.29) is 18.9 Å². The summed E-state index contributed by atoms with van der Waals surface area (Å²) < 4.78 is 0. The predicted octanol–water partition coefficient (Wildman–Crippen LogP) is 0.847. The number of hydrogen-bond donors (Lipinski definition) is 3. The molecule has 0 spiro atoms. The van der Waals surface area contributed by atoms with E-state index in [9.17, 15) is 19.2 Å². The van der Waals surface area contributed by atoms with Gasteiger partial charge in [0, 0.05) is 12.0 Å². The summed E-state index contributed by atoms with van der Waals surface area (Å²) in [7, 11) is 0. The fraction of sp³-hybridized carbons (Fsp3) is 0.238. The van der Waals surface area contributed by atoms with Gasteiger partial charge in [-0.1, -0.05) is 48.5 Å². The van der Waals surface area contributed by atoms with Crippen LogP contribution in [-0.4, -0.2) is 42.6 Å². The first-order chi connectivity index (χ1) is 13.5. The second-order valence-electron chi connectivity index (χ2n) is 6.22. The summed E-state index contributed by atoms with van der Waals surface area (Å²) in [6.45, 7) is 1.38. The van der Waals surface area contributed by atoms with Crippen molar-refractivity contribution in [2.24, 2.45) is 0 Å². The maximum absolute atomic E-state index is 12.7. The van der Waals surface area contributed by atoms with Crippen LogP contribution in [0.1, 0.15) is 22.8 Å². The Balaban J connectivity index is 2.10. The molecule has 28 heavy (non-hydrogen) atoms. The Morgan fingerprint density at radius 2 is 1.50 bits per heavy atom. The lowest BCUT2D eigenvalue weighted by molar-refractivity contribution is -0.129. The topological polar surface area (TPSA) is 104 Å². The summed E-state index contributed by atoms with van der Waals surface area (Å²) in [6, 6.07) is 16.1. The van der Waals surface area contributed by atoms with Gasteiger partial charge in [0.05, 0.1) is 6.54 Å². The molecule has 0 aliphatic rings. The second kappa shape index (κ2) is 10.6. The van der Waals surface area contributed by atoms with E-state index in [4.69, 9.17) is 0 Å². The summed E-state index contributed by atoms with van der Waals surface area (Å²) in [5.41, 5.74) is 1.30. The van der Waals surface area contributed by atoms with Crippen molar-refractivity contribution in [3.63, 3.8) is 0 Å². The number of benzene rings is 2. The van der Waals surface area contributed by atoms with Crippen LogP contribution < -0.4 is 16.0 Å². The van der Waals surface area contributed by atoms with E-state index in [1.165, 1.54) is 6.92 Å². The highest BCUT2D eigenvalue weighted by atomic mass is 16.2. The molecule has 3 N–H and O–H groups in total. The first-order valence-corrected chi connectivity index (χ1v) is 8.93. The molecular formula is C21H23N3O4. The minimum absolute atomic E-state index is 0.128. The van der Waals surface area contributed by atoms with E-state index < -0.39 is 23.9 Å². The van der Waals surface area contributed by atoms with Gasteiger partial charge in [0.25, 0.3) is 5.91 Å². The molecule has 0 heterocycles. The van der Waals surface area contributed by atoms with E-state index in [1.807, 2.05) is 30.3 Å². The molecule has 0 aromatic heterocycles. The van der Waals surface area contributed by atoms with Crippen LogP contribution >= 0.6 is 0 Å². The van der Waals surface area contributed by atoms with Crippen LogP contribution in [0.2, 0.25) is 0 Å². The summed E-state index contributed by atoms with van der Waals surface area (Å²) in [4.78, 5) is 47.5. The number of hydrogen-bond acceptors (Lipinski definition) is 4. The van der Waals surface area contributed by atoms with Gasteiger partial charge in [0.15, 0.2) is 0 Å². The van der Waals surface area contributed by atoms with E-state index in [1.54, 1.807) is 30.3 Å². The standard InChI is InChI=1S/C21H23N3O4/c1-15(19(26)22-12-13-25)23-21(28)18(14-16-8-4-2-5-9-16)24-20(27)17-10-6-3-7-11-17/h2-11,13,15,18H,12,14H2,1H3,(H,22,26)(H,23,28)(H,24,27)/t15-,18+/m0/s1. The molecule has 2 aromatic rings. The fourth-order valence-electron chi connectivity index (χ4n) is 2.57. The molecular weight excluding hydrogens is 358 g/mol. The van der Waals surface area contributed by atoms with Crippen molar-refractivity contribution in [2.45, 2.75) is 25.4 Å². The lowest BCUT2D eigenvalue weighted by Gasteiger charge is -2.21. The van der Waals surface area contributed by atoms with E-state index in [0.717, 1.165) is 5.56 Å². The highest BCUT2D eigenvalue weighted by Gasteiger charge is 2.25. The maximum atomic E-state index is 12.7. The predicted molar refractivity (Wildman–Crippen MR) is 105 cm³/mol. The molecule has 3 amide bonds. The highest BCUT2D eigenvalue weighted by Crippen LogP contribution is 2.06. The third-order valence-electron chi connectivity index (χ3n) is 4.05. The van der Waals surface area contributed by atoms with Gasteiger partial charge in [-0.2, -0.15) is 0 Å². The molecule has 0 saturated heterocycles. The van der Waals surface area contributed by atoms with Crippen LogP contribution in [0.5, 0.6) is 0 Å². The molecule has 7 heteroatoms. The molecule has 2 aromatic carbocycles. The van der Waals surface area contributed by atoms with Crippen LogP contribution in [0.3, 0.4) is 0 Å². The molecule has 0 fully saturated rings. The quantitative estimate of drug-likeness (QED) is 0.560. The zero-order chi connectivity index (χ0) is 20.4. The summed E-state index contributed by atoms with van der Waals surface area (Å²) >= 11 is 0. The largest absolute Gasteiger partial charge is 0.348 e. The average molecular weight is 381 g/mol. The van der Waals surface area contributed by atoms with Gasteiger partial charge in [0.1, 0.15) is 18.4 Å². The first kappa shape index (κ1) is 20.8. The third kappa shape index (κ3) is 6.35. The maximum Gasteiger partial charge on any atom is 0.251 e. The van der Waals surface area contributed by atoms with E-state index in [0.29, 0.717) is 11.8 Å². The van der Waals surface area contributed by atoms with Crippen LogP contribution in [0.15, 0.2) is 60.7 Å². The van der Waals surface area contributed by atoms with Crippen molar-refractivity contribution in [3.8, 4) is 0 Å². The zero-order valence-electron chi connectivity index (χ0n) is 15.6. The number of amides is 3. The summed E-state index contributed by atoms with van der Waals surface area (Å²) in [6.07, 6.45) is 0.832. The number of carbonyl (C=O) groups is 4. The van der Waals surface area contributed by atoms with Crippen molar-refractivity contribution in [3.05, 3.63) is 71.8 Å². The lowest BCUT2D eigenvalue weighted by Crippen LogP contribution is -2.53. The Morgan fingerprint density at radius 3 is 2.11 bits per heavy atom. The van der Waals surface area contributed by atoms with Crippen molar-refractivity contribution in [2.75, 3.05) is 6.54 Å². The monoisotopic (exact) mass is 381 g/mol. The van der Waals surface area contributed by atoms with Crippen molar-refractivity contribution < 1.29 is 19.2 Å². The molecule has 2 rings (SSSR count). The van der Waals surface area contributed by atoms with Gasteiger partial charge in [-0.15, -0.1) is 0 Å². The Hall–Kier alpha value is -3.48. The van der Waals surface area contributed by atoms with Gasteiger partial charge in [-0.25, -0.2) is 0 Å². The van der Waals surface area contributed by atoms with Crippen LogP contribution in [0, 0.1) is 0 Å².